The van der Waals surface area contributed by atoms with Gasteiger partial charge in [0.1, 0.15) is 24.4 Å². The van der Waals surface area contributed by atoms with Gasteiger partial charge in [0.2, 0.25) is 17.8 Å². The summed E-state index contributed by atoms with van der Waals surface area (Å²) >= 11 is 3.45. The molecule has 1 aliphatic heterocycles. The van der Waals surface area contributed by atoms with Crippen LogP contribution in [0, 0.1) is 0 Å². The fourth-order valence-electron chi connectivity index (χ4n) is 3.57. The Hall–Kier alpha value is -3.74. The van der Waals surface area contributed by atoms with E-state index >= 15 is 0 Å². The van der Waals surface area contributed by atoms with Crippen molar-refractivity contribution in [2.24, 2.45) is 0 Å². The second-order valence-corrected chi connectivity index (χ2v) is 8.85. The monoisotopic (exact) mass is 569 g/mol. The molecule has 1 fully saturated rings. The van der Waals surface area contributed by atoms with E-state index in [1.165, 1.54) is 12.4 Å². The first-order valence-electron chi connectivity index (χ1n) is 11.6. The number of carbonyl (C=O) groups is 1. The average Bonchev–Trinajstić information content (AvgIpc) is 2.90. The van der Waals surface area contributed by atoms with Crippen molar-refractivity contribution >= 4 is 50.8 Å². The highest BCUT2D eigenvalue weighted by Gasteiger charge is 2.16. The Morgan fingerprint density at radius 2 is 1.92 bits per heavy atom. The highest BCUT2D eigenvalue weighted by atomic mass is 79.9. The van der Waals surface area contributed by atoms with Crippen LogP contribution in [0.15, 0.2) is 59.9 Å². The van der Waals surface area contributed by atoms with Gasteiger partial charge in [0.15, 0.2) is 0 Å². The number of hydrogen-bond acceptors (Lipinski definition) is 10. The molecule has 0 bridgehead atoms. The first-order valence-corrected chi connectivity index (χ1v) is 12.4. The van der Waals surface area contributed by atoms with Crippen LogP contribution in [-0.4, -0.2) is 72.3 Å². The molecule has 12 heteroatoms. The molecule has 4 rings (SSSR count). The molecule has 1 aliphatic rings. The van der Waals surface area contributed by atoms with Gasteiger partial charge in [-0.1, -0.05) is 28.6 Å². The molecule has 1 amide bonds. The molecular formula is C25H28BrN7O4. The van der Waals surface area contributed by atoms with Gasteiger partial charge in [-0.05, 0) is 30.3 Å². The minimum Gasteiger partial charge on any atom is -0.494 e. The third kappa shape index (κ3) is 7.62. The largest absolute Gasteiger partial charge is 0.494 e. The van der Waals surface area contributed by atoms with E-state index in [0.717, 1.165) is 29.8 Å². The number of benzene rings is 2. The lowest BCUT2D eigenvalue weighted by atomic mass is 10.2. The molecule has 0 spiro atoms. The summed E-state index contributed by atoms with van der Waals surface area (Å²) in [5.41, 5.74) is 1.80. The highest BCUT2D eigenvalue weighted by molar-refractivity contribution is 9.10. The molecule has 2 heterocycles. The third-order valence-electron chi connectivity index (χ3n) is 5.41. The van der Waals surface area contributed by atoms with E-state index in [-0.39, 0.29) is 11.9 Å². The SMILES string of the molecule is C=CC(=O)Nc1cc(Nc2ncnc(Nc3cccc(Br)c3)n2)c(OC)cc1OCCN1CCOCC1. The van der Waals surface area contributed by atoms with Crippen LogP contribution < -0.4 is 25.4 Å². The summed E-state index contributed by atoms with van der Waals surface area (Å²) in [6.45, 7) is 7.86. The van der Waals surface area contributed by atoms with Gasteiger partial charge in [-0.15, -0.1) is 0 Å². The first kappa shape index (κ1) is 26.3. The van der Waals surface area contributed by atoms with E-state index in [9.17, 15) is 4.79 Å². The predicted molar refractivity (Wildman–Crippen MR) is 145 cm³/mol. The second kappa shape index (κ2) is 13.0. The topological polar surface area (TPSA) is 123 Å². The van der Waals surface area contributed by atoms with E-state index in [2.05, 4.69) is 58.3 Å². The quantitative estimate of drug-likeness (QED) is 0.292. The number of aromatic nitrogens is 3. The number of hydrogen-bond donors (Lipinski definition) is 3. The normalized spacial score (nSPS) is 13.5. The number of nitrogens with zero attached hydrogens (tertiary/aromatic N) is 4. The number of carbonyl (C=O) groups excluding carboxylic acids is 1. The number of rotatable bonds is 11. The van der Waals surface area contributed by atoms with Crippen molar-refractivity contribution < 1.29 is 19.0 Å². The van der Waals surface area contributed by atoms with Gasteiger partial charge in [-0.25, -0.2) is 9.97 Å². The summed E-state index contributed by atoms with van der Waals surface area (Å²) in [5, 5.41) is 9.07. The molecule has 0 atom stereocenters. The lowest BCUT2D eigenvalue weighted by Crippen LogP contribution is -2.38. The van der Waals surface area contributed by atoms with Crippen LogP contribution in [-0.2, 0) is 9.53 Å². The van der Waals surface area contributed by atoms with Gasteiger partial charge in [0.25, 0.3) is 0 Å². The maximum atomic E-state index is 12.1. The van der Waals surface area contributed by atoms with Crippen molar-refractivity contribution in [2.45, 2.75) is 0 Å². The number of nitrogens with one attached hydrogen (secondary N) is 3. The Kier molecular flexibility index (Phi) is 9.24. The van der Waals surface area contributed by atoms with Gasteiger partial charge in [-0.3, -0.25) is 9.69 Å². The molecule has 11 nitrogen and oxygen atoms in total. The molecule has 3 aromatic rings. The van der Waals surface area contributed by atoms with Crippen molar-refractivity contribution in [3.8, 4) is 11.5 Å². The average molecular weight is 570 g/mol. The van der Waals surface area contributed by atoms with E-state index < -0.39 is 0 Å². The highest BCUT2D eigenvalue weighted by Crippen LogP contribution is 2.38. The van der Waals surface area contributed by atoms with Crippen LogP contribution in [0.5, 0.6) is 11.5 Å². The van der Waals surface area contributed by atoms with Crippen LogP contribution in [0.4, 0.5) is 29.0 Å². The maximum Gasteiger partial charge on any atom is 0.247 e. The molecule has 0 saturated carbocycles. The Bertz CT molecular complexity index is 1240. The van der Waals surface area contributed by atoms with Crippen molar-refractivity contribution in [3.05, 3.63) is 59.9 Å². The number of anilines is 5. The number of halogens is 1. The summed E-state index contributed by atoms with van der Waals surface area (Å²) in [6.07, 6.45) is 2.59. The summed E-state index contributed by atoms with van der Waals surface area (Å²) in [6, 6.07) is 11.1. The molecule has 1 aromatic heterocycles. The van der Waals surface area contributed by atoms with Crippen molar-refractivity contribution in [1.82, 2.24) is 19.9 Å². The van der Waals surface area contributed by atoms with Crippen LogP contribution >= 0.6 is 15.9 Å². The van der Waals surface area contributed by atoms with Gasteiger partial charge in [0.05, 0.1) is 31.7 Å². The Labute approximate surface area is 223 Å². The molecule has 2 aromatic carbocycles. The summed E-state index contributed by atoms with van der Waals surface area (Å²) in [5.74, 6) is 1.24. The zero-order valence-corrected chi connectivity index (χ0v) is 22.0. The van der Waals surface area contributed by atoms with Crippen molar-refractivity contribution in [2.75, 3.05) is 62.5 Å². The number of ether oxygens (including phenoxy) is 3. The number of morpholine rings is 1. The third-order valence-corrected chi connectivity index (χ3v) is 5.91. The molecule has 37 heavy (non-hydrogen) atoms. The molecular weight excluding hydrogens is 542 g/mol. The minimum atomic E-state index is -0.366. The lowest BCUT2D eigenvalue weighted by Gasteiger charge is -2.26. The van der Waals surface area contributed by atoms with E-state index in [1.54, 1.807) is 19.2 Å². The van der Waals surface area contributed by atoms with E-state index in [4.69, 9.17) is 14.2 Å². The molecule has 3 N–H and O–H groups in total. The van der Waals surface area contributed by atoms with Crippen LogP contribution in [0.3, 0.4) is 0 Å². The smallest absolute Gasteiger partial charge is 0.247 e. The van der Waals surface area contributed by atoms with Gasteiger partial charge >= 0.3 is 0 Å². The number of methoxy groups -OCH3 is 1. The Balaban J connectivity index is 1.53. The summed E-state index contributed by atoms with van der Waals surface area (Å²) in [4.78, 5) is 27.2. The molecule has 1 saturated heterocycles. The van der Waals surface area contributed by atoms with Gasteiger partial charge in [0, 0.05) is 35.9 Å². The zero-order valence-electron chi connectivity index (χ0n) is 20.4. The van der Waals surface area contributed by atoms with Crippen LogP contribution in [0.2, 0.25) is 0 Å². The van der Waals surface area contributed by atoms with Gasteiger partial charge in [-0.2, -0.15) is 4.98 Å². The standard InChI is InChI=1S/C25H28BrN7O4/c1-3-23(34)30-20-14-19(21(35-2)15-22(20)37-12-9-33-7-10-36-11-8-33)31-25-28-16-27-24(32-25)29-18-6-4-5-17(26)13-18/h3-6,13-16H,1,7-12H2,2H3,(H,30,34)(H2,27,28,29,31,32). The van der Waals surface area contributed by atoms with Crippen molar-refractivity contribution in [1.29, 1.82) is 0 Å². The molecule has 0 radical (unpaired) electrons. The summed E-state index contributed by atoms with van der Waals surface area (Å²) < 4.78 is 17.9. The summed E-state index contributed by atoms with van der Waals surface area (Å²) in [7, 11) is 1.55. The maximum absolute atomic E-state index is 12.1. The van der Waals surface area contributed by atoms with Crippen LogP contribution in [0.25, 0.3) is 0 Å². The predicted octanol–water partition coefficient (Wildman–Crippen LogP) is 3.97. The fraction of sp³-hybridized carbons (Fsp3) is 0.280. The minimum absolute atomic E-state index is 0.285. The number of amides is 1. The van der Waals surface area contributed by atoms with Crippen LogP contribution in [0.1, 0.15) is 0 Å². The lowest BCUT2D eigenvalue weighted by molar-refractivity contribution is -0.111. The second-order valence-electron chi connectivity index (χ2n) is 7.94. The Morgan fingerprint density at radius 3 is 2.65 bits per heavy atom. The van der Waals surface area contributed by atoms with Gasteiger partial charge < -0.3 is 30.2 Å². The zero-order chi connectivity index (χ0) is 26.0. The first-order chi connectivity index (χ1) is 18.0. The fourth-order valence-corrected chi connectivity index (χ4v) is 3.97. The molecule has 194 valence electrons. The molecule has 0 unspecified atom stereocenters. The van der Waals surface area contributed by atoms with E-state index in [0.29, 0.717) is 48.6 Å². The Morgan fingerprint density at radius 1 is 1.14 bits per heavy atom. The van der Waals surface area contributed by atoms with E-state index in [1.807, 2.05) is 24.3 Å². The molecule has 0 aliphatic carbocycles. The van der Waals surface area contributed by atoms with Crippen molar-refractivity contribution in [3.63, 3.8) is 0 Å².